The lowest BCUT2D eigenvalue weighted by atomic mass is 10.0. The molecule has 5 heteroatoms. The van der Waals surface area contributed by atoms with Crippen molar-refractivity contribution in [2.24, 2.45) is 0 Å². The molecule has 0 aliphatic heterocycles. The summed E-state index contributed by atoms with van der Waals surface area (Å²) in [6.07, 6.45) is 0. The van der Waals surface area contributed by atoms with Crippen LogP contribution in [0, 0.1) is 11.3 Å². The maximum absolute atomic E-state index is 9.04. The van der Waals surface area contributed by atoms with Crippen LogP contribution in [0.3, 0.4) is 0 Å². The van der Waals surface area contributed by atoms with Gasteiger partial charge in [-0.25, -0.2) is 4.98 Å². The zero-order valence-electron chi connectivity index (χ0n) is 16.1. The lowest BCUT2D eigenvalue weighted by Gasteiger charge is -2.06. The second-order valence-corrected chi connectivity index (χ2v) is 6.46. The Hall–Kier alpha value is -4.04. The minimum atomic E-state index is 0.617. The van der Waals surface area contributed by atoms with Crippen molar-refractivity contribution >= 4 is 0 Å². The van der Waals surface area contributed by atoms with E-state index in [4.69, 9.17) is 19.7 Å². The number of H-pyrrole nitrogens is 1. The van der Waals surface area contributed by atoms with Crippen LogP contribution in [-0.4, -0.2) is 24.2 Å². The fourth-order valence-corrected chi connectivity index (χ4v) is 3.14. The van der Waals surface area contributed by atoms with E-state index >= 15 is 0 Å². The number of hydrogen-bond donors (Lipinski definition) is 1. The third-order valence-electron chi connectivity index (χ3n) is 4.73. The Balaban J connectivity index is 1.83. The summed E-state index contributed by atoms with van der Waals surface area (Å²) in [7, 11) is 3.30. The number of nitriles is 1. The van der Waals surface area contributed by atoms with Crippen molar-refractivity contribution in [1.82, 2.24) is 9.97 Å². The number of imidazole rings is 1. The summed E-state index contributed by atoms with van der Waals surface area (Å²) in [5, 5.41) is 9.04. The average molecular weight is 381 g/mol. The van der Waals surface area contributed by atoms with Crippen molar-refractivity contribution in [2.45, 2.75) is 0 Å². The molecule has 0 spiro atoms. The summed E-state index contributed by atoms with van der Waals surface area (Å²) in [5.74, 6) is 2.33. The van der Waals surface area contributed by atoms with E-state index in [1.165, 1.54) is 0 Å². The molecule has 0 bridgehead atoms. The minimum Gasteiger partial charge on any atom is -0.497 e. The van der Waals surface area contributed by atoms with Crippen molar-refractivity contribution in [2.75, 3.05) is 14.2 Å². The van der Waals surface area contributed by atoms with E-state index in [-0.39, 0.29) is 0 Å². The molecule has 0 aliphatic carbocycles. The van der Waals surface area contributed by atoms with E-state index in [2.05, 4.69) is 11.1 Å². The van der Waals surface area contributed by atoms with Gasteiger partial charge in [0.1, 0.15) is 17.3 Å². The zero-order chi connectivity index (χ0) is 20.2. The quantitative estimate of drug-likeness (QED) is 0.509. The number of rotatable bonds is 5. The average Bonchev–Trinajstić information content (AvgIpc) is 3.24. The van der Waals surface area contributed by atoms with Crippen LogP contribution in [0.15, 0.2) is 72.8 Å². The van der Waals surface area contributed by atoms with E-state index in [0.29, 0.717) is 5.56 Å². The van der Waals surface area contributed by atoms with Gasteiger partial charge in [0.15, 0.2) is 0 Å². The molecule has 0 aliphatic rings. The number of ether oxygens (including phenoxy) is 2. The third-order valence-corrected chi connectivity index (χ3v) is 4.73. The number of methoxy groups -OCH3 is 2. The van der Waals surface area contributed by atoms with Crippen LogP contribution in [0.2, 0.25) is 0 Å². The third kappa shape index (κ3) is 3.69. The SMILES string of the molecule is COc1ccc(-c2nc(-c3ccc(C#N)cc3)[nH]c2-c2ccc(OC)cc2)cc1. The van der Waals surface area contributed by atoms with Gasteiger partial charge in [-0.15, -0.1) is 0 Å². The van der Waals surface area contributed by atoms with E-state index in [1.807, 2.05) is 60.7 Å². The van der Waals surface area contributed by atoms with Gasteiger partial charge in [-0.05, 0) is 72.8 Å². The fraction of sp³-hybridized carbons (Fsp3) is 0.0833. The summed E-state index contributed by atoms with van der Waals surface area (Å²) in [5.41, 5.74) is 5.27. The molecular weight excluding hydrogens is 362 g/mol. The molecule has 0 amide bonds. The lowest BCUT2D eigenvalue weighted by Crippen LogP contribution is -1.87. The minimum absolute atomic E-state index is 0.617. The topological polar surface area (TPSA) is 70.9 Å². The predicted molar refractivity (Wildman–Crippen MR) is 113 cm³/mol. The van der Waals surface area contributed by atoms with Crippen molar-refractivity contribution in [1.29, 1.82) is 5.26 Å². The van der Waals surface area contributed by atoms with Crippen LogP contribution in [-0.2, 0) is 0 Å². The molecule has 1 N–H and O–H groups in total. The number of hydrogen-bond acceptors (Lipinski definition) is 4. The van der Waals surface area contributed by atoms with Gasteiger partial charge in [0.25, 0.3) is 0 Å². The first-order valence-corrected chi connectivity index (χ1v) is 9.11. The maximum Gasteiger partial charge on any atom is 0.138 e. The van der Waals surface area contributed by atoms with Crippen molar-refractivity contribution in [3.05, 3.63) is 78.4 Å². The monoisotopic (exact) mass is 381 g/mol. The first-order valence-electron chi connectivity index (χ1n) is 9.11. The van der Waals surface area contributed by atoms with Gasteiger partial charge in [-0.2, -0.15) is 5.26 Å². The molecule has 1 aromatic heterocycles. The van der Waals surface area contributed by atoms with E-state index in [0.717, 1.165) is 45.4 Å². The molecule has 0 atom stereocenters. The number of nitrogens with zero attached hydrogens (tertiary/aromatic N) is 2. The molecule has 5 nitrogen and oxygen atoms in total. The molecule has 29 heavy (non-hydrogen) atoms. The second kappa shape index (κ2) is 7.91. The molecule has 142 valence electrons. The Bertz CT molecular complexity index is 1090. The van der Waals surface area contributed by atoms with Gasteiger partial charge in [-0.1, -0.05) is 0 Å². The molecular formula is C24H19N3O2. The molecule has 0 radical (unpaired) electrons. The highest BCUT2D eigenvalue weighted by Crippen LogP contribution is 2.34. The largest absolute Gasteiger partial charge is 0.497 e. The van der Waals surface area contributed by atoms with E-state index in [9.17, 15) is 0 Å². The van der Waals surface area contributed by atoms with Crippen LogP contribution >= 0.6 is 0 Å². The summed E-state index contributed by atoms with van der Waals surface area (Å²) in [6, 6.07) is 25.2. The van der Waals surface area contributed by atoms with Crippen molar-refractivity contribution in [3.63, 3.8) is 0 Å². The molecule has 1 heterocycles. The van der Waals surface area contributed by atoms with Crippen LogP contribution in [0.25, 0.3) is 33.9 Å². The smallest absolute Gasteiger partial charge is 0.138 e. The number of aromatic nitrogens is 2. The first-order chi connectivity index (χ1) is 14.2. The standard InChI is InChI=1S/C24H19N3O2/c1-28-20-11-7-17(8-12-20)22-23(18-9-13-21(29-2)14-10-18)27-24(26-22)19-5-3-16(15-25)4-6-19/h3-14H,1-2H3,(H,26,27). The van der Waals surface area contributed by atoms with Gasteiger partial charge in [0, 0.05) is 16.7 Å². The Labute approximate surface area is 169 Å². The van der Waals surface area contributed by atoms with Gasteiger partial charge in [-0.3, -0.25) is 0 Å². The summed E-state index contributed by atoms with van der Waals surface area (Å²) in [6.45, 7) is 0. The summed E-state index contributed by atoms with van der Waals surface area (Å²) in [4.78, 5) is 8.32. The molecule has 4 rings (SSSR count). The summed E-state index contributed by atoms with van der Waals surface area (Å²) >= 11 is 0. The predicted octanol–water partition coefficient (Wildman–Crippen LogP) is 5.30. The Kier molecular flexibility index (Phi) is 5.00. The zero-order valence-corrected chi connectivity index (χ0v) is 16.1. The highest BCUT2D eigenvalue weighted by atomic mass is 16.5. The molecule has 0 saturated heterocycles. The molecule has 4 aromatic rings. The Morgan fingerprint density at radius 1 is 0.724 bits per heavy atom. The molecule has 0 fully saturated rings. The number of aromatic amines is 1. The van der Waals surface area contributed by atoms with Gasteiger partial charge < -0.3 is 14.5 Å². The second-order valence-electron chi connectivity index (χ2n) is 6.46. The van der Waals surface area contributed by atoms with Crippen LogP contribution in [0.5, 0.6) is 11.5 Å². The molecule has 0 unspecified atom stereocenters. The Morgan fingerprint density at radius 3 is 1.76 bits per heavy atom. The lowest BCUT2D eigenvalue weighted by molar-refractivity contribution is 0.414. The maximum atomic E-state index is 9.04. The normalized spacial score (nSPS) is 10.4. The molecule has 3 aromatic carbocycles. The highest BCUT2D eigenvalue weighted by molar-refractivity contribution is 5.81. The first kappa shape index (κ1) is 18.3. The highest BCUT2D eigenvalue weighted by Gasteiger charge is 2.15. The number of benzene rings is 3. The van der Waals surface area contributed by atoms with Gasteiger partial charge >= 0.3 is 0 Å². The van der Waals surface area contributed by atoms with Crippen molar-refractivity contribution in [3.8, 4) is 51.5 Å². The van der Waals surface area contributed by atoms with Gasteiger partial charge in [0.05, 0.1) is 37.2 Å². The van der Waals surface area contributed by atoms with Crippen LogP contribution < -0.4 is 9.47 Å². The van der Waals surface area contributed by atoms with Crippen molar-refractivity contribution < 1.29 is 9.47 Å². The molecule has 0 saturated carbocycles. The Morgan fingerprint density at radius 2 is 1.24 bits per heavy atom. The van der Waals surface area contributed by atoms with E-state index in [1.54, 1.807) is 26.4 Å². The van der Waals surface area contributed by atoms with E-state index < -0.39 is 0 Å². The summed E-state index contributed by atoms with van der Waals surface area (Å²) < 4.78 is 10.5. The van der Waals surface area contributed by atoms with Gasteiger partial charge in [0.2, 0.25) is 0 Å². The van der Waals surface area contributed by atoms with Crippen LogP contribution in [0.4, 0.5) is 0 Å². The van der Waals surface area contributed by atoms with Crippen LogP contribution in [0.1, 0.15) is 5.56 Å². The fourth-order valence-electron chi connectivity index (χ4n) is 3.14. The number of nitrogens with one attached hydrogen (secondary N) is 1.